The summed E-state index contributed by atoms with van der Waals surface area (Å²) >= 11 is 0. The van der Waals surface area contributed by atoms with Crippen molar-refractivity contribution in [3.8, 4) is 17.0 Å². The third-order valence-corrected chi connectivity index (χ3v) is 6.42. The maximum absolute atomic E-state index is 14.8. The molecule has 1 fully saturated rings. The topological polar surface area (TPSA) is 61.8 Å². The van der Waals surface area contributed by atoms with Crippen molar-refractivity contribution in [2.75, 3.05) is 49.6 Å². The lowest BCUT2D eigenvalue weighted by atomic mass is 10.0. The minimum absolute atomic E-state index is 0.163. The molecule has 0 atom stereocenters. The highest BCUT2D eigenvalue weighted by molar-refractivity contribution is 6.10. The van der Waals surface area contributed by atoms with Gasteiger partial charge in [0.25, 0.3) is 5.91 Å². The molecule has 2 aromatic heterocycles. The molecule has 1 amide bonds. The molecule has 0 spiro atoms. The van der Waals surface area contributed by atoms with Crippen LogP contribution in [0.4, 0.5) is 16.0 Å². The summed E-state index contributed by atoms with van der Waals surface area (Å²) < 4.78 is 20.2. The molecule has 7 nitrogen and oxygen atoms in total. The number of hydrogen-bond donors (Lipinski definition) is 0. The number of carbonyl (C=O) groups excluding carboxylic acids is 1. The van der Waals surface area contributed by atoms with Gasteiger partial charge >= 0.3 is 0 Å². The SMILES string of the molecule is CCN1CCN(c2cccc(N3Cc4c(ccnc4-c4c(F)cccc4OC)C3=O)n2)CC1. The van der Waals surface area contributed by atoms with Gasteiger partial charge in [-0.3, -0.25) is 14.7 Å². The largest absolute Gasteiger partial charge is 0.496 e. The lowest BCUT2D eigenvalue weighted by Gasteiger charge is -2.35. The molecular weight excluding hydrogens is 421 g/mol. The number of nitrogens with zero attached hydrogens (tertiary/aromatic N) is 5. The predicted molar refractivity (Wildman–Crippen MR) is 125 cm³/mol. The van der Waals surface area contributed by atoms with E-state index in [9.17, 15) is 9.18 Å². The molecule has 0 saturated carbocycles. The summed E-state index contributed by atoms with van der Waals surface area (Å²) in [4.78, 5) is 28.8. The summed E-state index contributed by atoms with van der Waals surface area (Å²) in [6, 6.07) is 12.1. The number of aromatic nitrogens is 2. The van der Waals surface area contributed by atoms with Gasteiger partial charge in [-0.2, -0.15) is 0 Å². The first kappa shape index (κ1) is 21.3. The van der Waals surface area contributed by atoms with E-state index in [-0.39, 0.29) is 18.0 Å². The van der Waals surface area contributed by atoms with Gasteiger partial charge in [-0.1, -0.05) is 19.1 Å². The third-order valence-electron chi connectivity index (χ3n) is 6.42. The third kappa shape index (κ3) is 3.80. The lowest BCUT2D eigenvalue weighted by molar-refractivity contribution is 0.0996. The van der Waals surface area contributed by atoms with Gasteiger partial charge < -0.3 is 14.5 Å². The molecule has 33 heavy (non-hydrogen) atoms. The molecule has 3 aromatic rings. The molecule has 5 rings (SSSR count). The van der Waals surface area contributed by atoms with Crippen LogP contribution in [0.5, 0.6) is 5.75 Å². The number of hydrogen-bond acceptors (Lipinski definition) is 6. The Labute approximate surface area is 192 Å². The zero-order valence-corrected chi connectivity index (χ0v) is 18.8. The first-order valence-electron chi connectivity index (χ1n) is 11.2. The van der Waals surface area contributed by atoms with Gasteiger partial charge in [-0.15, -0.1) is 0 Å². The molecule has 0 unspecified atom stereocenters. The molecular formula is C25H26FN5O2. The second kappa shape index (κ2) is 8.78. The first-order chi connectivity index (χ1) is 16.1. The van der Waals surface area contributed by atoms with Crippen LogP contribution in [0, 0.1) is 5.82 Å². The number of anilines is 2. The standard InChI is InChI=1S/C25H26FN5O2/c1-3-29-12-14-30(15-13-29)21-8-5-9-22(28-21)31-16-18-17(25(31)32)10-11-27-24(18)23-19(26)6-4-7-20(23)33-2/h4-11H,3,12-16H2,1-2H3. The van der Waals surface area contributed by atoms with E-state index in [2.05, 4.69) is 21.7 Å². The lowest BCUT2D eigenvalue weighted by Crippen LogP contribution is -2.46. The Balaban J connectivity index is 1.47. The minimum atomic E-state index is -0.438. The molecule has 1 aromatic carbocycles. The van der Waals surface area contributed by atoms with Crippen molar-refractivity contribution in [2.45, 2.75) is 13.5 Å². The summed E-state index contributed by atoms with van der Waals surface area (Å²) in [5.41, 5.74) is 1.87. The quantitative estimate of drug-likeness (QED) is 0.596. The molecule has 1 saturated heterocycles. The van der Waals surface area contributed by atoms with Crippen molar-refractivity contribution in [1.82, 2.24) is 14.9 Å². The first-order valence-corrected chi connectivity index (χ1v) is 11.2. The van der Waals surface area contributed by atoms with Gasteiger partial charge in [0.2, 0.25) is 0 Å². The summed E-state index contributed by atoms with van der Waals surface area (Å²) in [5.74, 6) is 1.23. The van der Waals surface area contributed by atoms with Crippen LogP contribution in [0.1, 0.15) is 22.8 Å². The van der Waals surface area contributed by atoms with Crippen molar-refractivity contribution >= 4 is 17.5 Å². The second-order valence-corrected chi connectivity index (χ2v) is 8.17. The number of pyridine rings is 2. The maximum Gasteiger partial charge on any atom is 0.260 e. The molecule has 0 bridgehead atoms. The van der Waals surface area contributed by atoms with Crippen LogP contribution in [0.25, 0.3) is 11.3 Å². The summed E-state index contributed by atoms with van der Waals surface area (Å²) in [7, 11) is 1.49. The van der Waals surface area contributed by atoms with Crippen LogP contribution < -0.4 is 14.5 Å². The number of fused-ring (bicyclic) bond motifs is 1. The number of piperazine rings is 1. The Bertz CT molecular complexity index is 1190. The van der Waals surface area contributed by atoms with E-state index >= 15 is 0 Å². The molecule has 2 aliphatic rings. The molecule has 4 heterocycles. The smallest absolute Gasteiger partial charge is 0.260 e. The van der Waals surface area contributed by atoms with Crippen molar-refractivity contribution in [3.63, 3.8) is 0 Å². The Morgan fingerprint density at radius 1 is 1.03 bits per heavy atom. The average Bonchev–Trinajstić information content (AvgIpc) is 3.21. The van der Waals surface area contributed by atoms with E-state index in [0.29, 0.717) is 28.4 Å². The Morgan fingerprint density at radius 3 is 2.55 bits per heavy atom. The normalized spacial score (nSPS) is 16.3. The van der Waals surface area contributed by atoms with Gasteiger partial charge in [-0.05, 0) is 36.9 Å². The van der Waals surface area contributed by atoms with Gasteiger partial charge in [0, 0.05) is 43.5 Å². The fraction of sp³-hybridized carbons (Fsp3) is 0.320. The highest BCUT2D eigenvalue weighted by Crippen LogP contribution is 2.38. The van der Waals surface area contributed by atoms with Crippen LogP contribution in [0.3, 0.4) is 0 Å². The van der Waals surface area contributed by atoms with E-state index in [1.54, 1.807) is 29.3 Å². The van der Waals surface area contributed by atoms with Crippen LogP contribution in [-0.4, -0.2) is 60.6 Å². The zero-order valence-electron chi connectivity index (χ0n) is 18.8. The summed E-state index contributed by atoms with van der Waals surface area (Å²) in [6.07, 6.45) is 1.54. The number of rotatable bonds is 5. The van der Waals surface area contributed by atoms with E-state index in [1.165, 1.54) is 13.2 Å². The molecule has 0 aliphatic carbocycles. The molecule has 2 aliphatic heterocycles. The van der Waals surface area contributed by atoms with Gasteiger partial charge in [0.05, 0.1) is 24.9 Å². The summed E-state index contributed by atoms with van der Waals surface area (Å²) in [6.45, 7) is 7.29. The van der Waals surface area contributed by atoms with E-state index in [0.717, 1.165) is 38.5 Å². The van der Waals surface area contributed by atoms with Crippen molar-refractivity contribution < 1.29 is 13.9 Å². The van der Waals surface area contributed by atoms with E-state index in [1.807, 2.05) is 18.2 Å². The number of benzene rings is 1. The number of carbonyl (C=O) groups is 1. The molecule has 0 radical (unpaired) electrons. The number of ether oxygens (including phenoxy) is 1. The van der Waals surface area contributed by atoms with Crippen LogP contribution in [0.2, 0.25) is 0 Å². The Kier molecular flexibility index (Phi) is 5.68. The molecule has 0 N–H and O–H groups in total. The van der Waals surface area contributed by atoms with Gasteiger partial charge in [0.15, 0.2) is 0 Å². The van der Waals surface area contributed by atoms with E-state index < -0.39 is 5.82 Å². The zero-order chi connectivity index (χ0) is 22.9. The highest BCUT2D eigenvalue weighted by atomic mass is 19.1. The fourth-order valence-corrected chi connectivity index (χ4v) is 4.56. The fourth-order valence-electron chi connectivity index (χ4n) is 4.56. The van der Waals surface area contributed by atoms with E-state index in [4.69, 9.17) is 9.72 Å². The minimum Gasteiger partial charge on any atom is -0.496 e. The highest BCUT2D eigenvalue weighted by Gasteiger charge is 2.33. The van der Waals surface area contributed by atoms with Crippen LogP contribution in [-0.2, 0) is 6.54 Å². The average molecular weight is 448 g/mol. The van der Waals surface area contributed by atoms with Crippen molar-refractivity contribution in [1.29, 1.82) is 0 Å². The summed E-state index contributed by atoms with van der Waals surface area (Å²) in [5, 5.41) is 0. The number of amides is 1. The maximum atomic E-state index is 14.8. The van der Waals surface area contributed by atoms with Gasteiger partial charge in [-0.25, -0.2) is 9.37 Å². The second-order valence-electron chi connectivity index (χ2n) is 8.17. The Hall–Kier alpha value is -3.52. The molecule has 8 heteroatoms. The number of methoxy groups -OCH3 is 1. The van der Waals surface area contributed by atoms with Crippen molar-refractivity contribution in [2.24, 2.45) is 0 Å². The van der Waals surface area contributed by atoms with Gasteiger partial charge in [0.1, 0.15) is 23.2 Å². The van der Waals surface area contributed by atoms with Crippen LogP contribution in [0.15, 0.2) is 48.7 Å². The molecule has 170 valence electrons. The number of likely N-dealkylation sites (N-methyl/N-ethyl adjacent to an activating group) is 1. The Morgan fingerprint density at radius 2 is 1.79 bits per heavy atom. The predicted octanol–water partition coefficient (Wildman–Crippen LogP) is 3.59. The monoisotopic (exact) mass is 447 g/mol. The van der Waals surface area contributed by atoms with Crippen LogP contribution >= 0.6 is 0 Å². The number of halogens is 1. The van der Waals surface area contributed by atoms with Crippen molar-refractivity contribution in [3.05, 3.63) is 65.6 Å².